The average Bonchev–Trinajstić information content (AvgIpc) is 3.17. The molecule has 2 nitrogen and oxygen atoms in total. The first-order valence-electron chi connectivity index (χ1n) is 17.2. The molecule has 0 atom stereocenters. The Hall–Kier alpha value is -6.38. The molecule has 0 amide bonds. The standard InChI is InChI=1S/C48H38N2/c1-35-17-27-41(28-18-35)49(47-15-7-11-39-9-3-5-13-45(39)47)43-31-23-37(24-32-43)21-22-38-25-33-44(34-26-38)50(42-29-19-36(2)20-30-42)48-16-8-12-40-10-4-6-14-46(40)48/h3-34H,1-2H3/b22-21+. The van der Waals surface area contributed by atoms with Crippen molar-refractivity contribution in [2.24, 2.45) is 0 Å². The predicted octanol–water partition coefficient (Wildman–Crippen LogP) is 13.7. The number of benzene rings is 8. The molecule has 2 heteroatoms. The van der Waals surface area contributed by atoms with Crippen molar-refractivity contribution in [3.8, 4) is 0 Å². The van der Waals surface area contributed by atoms with Crippen LogP contribution in [0.5, 0.6) is 0 Å². The molecule has 0 saturated heterocycles. The van der Waals surface area contributed by atoms with Gasteiger partial charge >= 0.3 is 0 Å². The summed E-state index contributed by atoms with van der Waals surface area (Å²) in [4.78, 5) is 4.70. The van der Waals surface area contributed by atoms with Gasteiger partial charge in [-0.2, -0.15) is 0 Å². The normalized spacial score (nSPS) is 11.3. The van der Waals surface area contributed by atoms with E-state index in [2.05, 4.69) is 218 Å². The van der Waals surface area contributed by atoms with E-state index < -0.39 is 0 Å². The molecule has 240 valence electrons. The van der Waals surface area contributed by atoms with E-state index in [-0.39, 0.29) is 0 Å². The zero-order chi connectivity index (χ0) is 33.9. The molecule has 50 heavy (non-hydrogen) atoms. The molecule has 8 rings (SSSR count). The van der Waals surface area contributed by atoms with Gasteiger partial charge in [-0.3, -0.25) is 0 Å². The first-order valence-corrected chi connectivity index (χ1v) is 17.2. The molecule has 0 aliphatic heterocycles. The molecule has 0 aliphatic carbocycles. The number of aryl methyl sites for hydroxylation is 2. The fourth-order valence-corrected chi connectivity index (χ4v) is 6.71. The first-order chi connectivity index (χ1) is 24.6. The molecule has 0 fully saturated rings. The summed E-state index contributed by atoms with van der Waals surface area (Å²) in [5, 5.41) is 4.91. The fraction of sp³-hybridized carbons (Fsp3) is 0.0417. The second kappa shape index (κ2) is 13.6. The highest BCUT2D eigenvalue weighted by Crippen LogP contribution is 2.40. The van der Waals surface area contributed by atoms with E-state index in [0.717, 1.165) is 33.9 Å². The average molecular weight is 643 g/mol. The fourth-order valence-electron chi connectivity index (χ4n) is 6.71. The summed E-state index contributed by atoms with van der Waals surface area (Å²) in [6, 6.07) is 65.4. The van der Waals surface area contributed by atoms with Crippen LogP contribution in [0.3, 0.4) is 0 Å². The van der Waals surface area contributed by atoms with Crippen molar-refractivity contribution in [2.45, 2.75) is 13.8 Å². The lowest BCUT2D eigenvalue weighted by atomic mass is 10.0. The van der Waals surface area contributed by atoms with Crippen LogP contribution in [0.15, 0.2) is 182 Å². The van der Waals surface area contributed by atoms with Gasteiger partial charge < -0.3 is 9.80 Å². The van der Waals surface area contributed by atoms with E-state index in [4.69, 9.17) is 0 Å². The summed E-state index contributed by atoms with van der Waals surface area (Å²) in [6.07, 6.45) is 4.38. The van der Waals surface area contributed by atoms with E-state index in [1.165, 1.54) is 44.0 Å². The highest BCUT2D eigenvalue weighted by molar-refractivity contribution is 6.00. The molecule has 0 heterocycles. The minimum absolute atomic E-state index is 1.12. The number of rotatable bonds is 8. The third kappa shape index (κ3) is 6.27. The lowest BCUT2D eigenvalue weighted by Crippen LogP contribution is -2.10. The topological polar surface area (TPSA) is 6.48 Å². The van der Waals surface area contributed by atoms with Crippen molar-refractivity contribution >= 4 is 67.8 Å². The van der Waals surface area contributed by atoms with Crippen LogP contribution < -0.4 is 9.80 Å². The highest BCUT2D eigenvalue weighted by Gasteiger charge is 2.16. The van der Waals surface area contributed by atoms with Gasteiger partial charge in [0, 0.05) is 33.5 Å². The molecule has 8 aromatic rings. The number of fused-ring (bicyclic) bond motifs is 2. The van der Waals surface area contributed by atoms with Crippen LogP contribution in [0.2, 0.25) is 0 Å². The van der Waals surface area contributed by atoms with Crippen LogP contribution in [0.1, 0.15) is 22.3 Å². The Morgan fingerprint density at radius 2 is 0.640 bits per heavy atom. The lowest BCUT2D eigenvalue weighted by molar-refractivity contribution is 1.29. The van der Waals surface area contributed by atoms with Gasteiger partial charge in [-0.1, -0.05) is 145 Å². The summed E-state index contributed by atoms with van der Waals surface area (Å²) >= 11 is 0. The van der Waals surface area contributed by atoms with Crippen LogP contribution in [0, 0.1) is 13.8 Å². The van der Waals surface area contributed by atoms with Crippen molar-refractivity contribution in [3.63, 3.8) is 0 Å². The molecule has 8 aromatic carbocycles. The smallest absolute Gasteiger partial charge is 0.0540 e. The van der Waals surface area contributed by atoms with Gasteiger partial charge in [0.25, 0.3) is 0 Å². The predicted molar refractivity (Wildman–Crippen MR) is 216 cm³/mol. The van der Waals surface area contributed by atoms with Crippen molar-refractivity contribution in [1.29, 1.82) is 0 Å². The molecule has 0 radical (unpaired) electrons. The number of anilines is 6. The Morgan fingerprint density at radius 1 is 0.320 bits per heavy atom. The minimum Gasteiger partial charge on any atom is -0.310 e. The van der Waals surface area contributed by atoms with Gasteiger partial charge in [0.05, 0.1) is 11.4 Å². The van der Waals surface area contributed by atoms with Crippen LogP contribution in [-0.4, -0.2) is 0 Å². The van der Waals surface area contributed by atoms with Crippen molar-refractivity contribution in [1.82, 2.24) is 0 Å². The maximum atomic E-state index is 2.35. The monoisotopic (exact) mass is 642 g/mol. The molecule has 0 unspecified atom stereocenters. The van der Waals surface area contributed by atoms with E-state index in [0.29, 0.717) is 0 Å². The molecule has 0 aromatic heterocycles. The second-order valence-corrected chi connectivity index (χ2v) is 12.9. The van der Waals surface area contributed by atoms with Crippen LogP contribution in [-0.2, 0) is 0 Å². The number of hydrogen-bond acceptors (Lipinski definition) is 2. The zero-order valence-electron chi connectivity index (χ0n) is 28.4. The van der Waals surface area contributed by atoms with E-state index in [9.17, 15) is 0 Å². The quantitative estimate of drug-likeness (QED) is 0.152. The molecular formula is C48H38N2. The van der Waals surface area contributed by atoms with Gasteiger partial charge in [0.1, 0.15) is 0 Å². The Morgan fingerprint density at radius 3 is 1.02 bits per heavy atom. The van der Waals surface area contributed by atoms with Gasteiger partial charge in [0.2, 0.25) is 0 Å². The molecule has 0 spiro atoms. The Kier molecular flexibility index (Phi) is 8.42. The Bertz CT molecular complexity index is 2240. The SMILES string of the molecule is Cc1ccc(N(c2ccc(/C=C/c3ccc(N(c4ccc(C)cc4)c4cccc5ccccc45)cc3)cc2)c2cccc3ccccc23)cc1. The van der Waals surface area contributed by atoms with Gasteiger partial charge in [-0.05, 0) is 96.4 Å². The molecular weight excluding hydrogens is 605 g/mol. The molecule has 0 bridgehead atoms. The maximum absolute atomic E-state index is 2.35. The largest absolute Gasteiger partial charge is 0.310 e. The third-order valence-corrected chi connectivity index (χ3v) is 9.37. The number of hydrogen-bond donors (Lipinski definition) is 0. The summed E-state index contributed by atoms with van der Waals surface area (Å²) in [5.41, 5.74) is 11.6. The third-order valence-electron chi connectivity index (χ3n) is 9.37. The molecule has 0 aliphatic rings. The van der Waals surface area contributed by atoms with E-state index in [1.54, 1.807) is 0 Å². The van der Waals surface area contributed by atoms with E-state index in [1.807, 2.05) is 0 Å². The minimum atomic E-state index is 1.12. The first kappa shape index (κ1) is 30.9. The summed E-state index contributed by atoms with van der Waals surface area (Å²) in [6.45, 7) is 4.26. The van der Waals surface area contributed by atoms with Crippen molar-refractivity contribution in [2.75, 3.05) is 9.80 Å². The molecule has 0 saturated carbocycles. The zero-order valence-corrected chi connectivity index (χ0v) is 28.4. The highest BCUT2D eigenvalue weighted by atomic mass is 15.1. The van der Waals surface area contributed by atoms with Crippen molar-refractivity contribution < 1.29 is 0 Å². The Labute approximate surface area is 294 Å². The number of nitrogens with zero attached hydrogens (tertiary/aromatic N) is 2. The lowest BCUT2D eigenvalue weighted by Gasteiger charge is -2.27. The van der Waals surface area contributed by atoms with Crippen LogP contribution in [0.25, 0.3) is 33.7 Å². The van der Waals surface area contributed by atoms with Crippen LogP contribution in [0.4, 0.5) is 34.1 Å². The van der Waals surface area contributed by atoms with Gasteiger partial charge in [0.15, 0.2) is 0 Å². The van der Waals surface area contributed by atoms with Crippen LogP contribution >= 0.6 is 0 Å². The Balaban J connectivity index is 1.09. The molecule has 0 N–H and O–H groups in total. The summed E-state index contributed by atoms with van der Waals surface area (Å²) in [7, 11) is 0. The van der Waals surface area contributed by atoms with Crippen molar-refractivity contribution in [3.05, 3.63) is 204 Å². The van der Waals surface area contributed by atoms with Gasteiger partial charge in [-0.25, -0.2) is 0 Å². The summed E-state index contributed by atoms with van der Waals surface area (Å²) < 4.78 is 0. The maximum Gasteiger partial charge on any atom is 0.0540 e. The summed E-state index contributed by atoms with van der Waals surface area (Å²) in [5.74, 6) is 0. The van der Waals surface area contributed by atoms with E-state index >= 15 is 0 Å². The second-order valence-electron chi connectivity index (χ2n) is 12.9. The van der Waals surface area contributed by atoms with Gasteiger partial charge in [-0.15, -0.1) is 0 Å².